The van der Waals surface area contributed by atoms with Crippen LogP contribution in [0.2, 0.25) is 0 Å². The van der Waals surface area contributed by atoms with Crippen molar-refractivity contribution in [2.75, 3.05) is 0 Å². The summed E-state index contributed by atoms with van der Waals surface area (Å²) >= 11 is 0. The van der Waals surface area contributed by atoms with Gasteiger partial charge in [-0.3, -0.25) is 0 Å². The Morgan fingerprint density at radius 3 is 1.06 bits per heavy atom. The smallest absolute Gasteiger partial charge is 0.0488 e. The van der Waals surface area contributed by atoms with Crippen molar-refractivity contribution < 1.29 is 0 Å². The summed E-state index contributed by atoms with van der Waals surface area (Å²) in [7, 11) is 4.24. The third-order valence-corrected chi connectivity index (χ3v) is 27.0. The molecule has 0 N–H and O–H groups in total. The molecule has 2 heterocycles. The van der Waals surface area contributed by atoms with Crippen LogP contribution in [-0.2, 0) is 35.8 Å². The van der Waals surface area contributed by atoms with E-state index in [2.05, 4.69) is 523 Å². The Kier molecular flexibility index (Phi) is 24.7. The molecule has 0 bridgehead atoms. The van der Waals surface area contributed by atoms with Crippen molar-refractivity contribution in [1.82, 2.24) is 9.13 Å². The molecule has 4 aliphatic rings. The molecule has 2 nitrogen and oxygen atoms in total. The minimum Gasteiger partial charge on any atom is -0.344 e. The Labute approximate surface area is 754 Å². The van der Waals surface area contributed by atoms with Crippen LogP contribution < -0.4 is 0 Å². The molecule has 0 fully saturated rings. The second-order valence-corrected chi connectivity index (χ2v) is 37.5. The van der Waals surface area contributed by atoms with Crippen molar-refractivity contribution in [3.8, 4) is 44.5 Å². The molecule has 0 saturated heterocycles. The van der Waals surface area contributed by atoms with E-state index in [0.29, 0.717) is 0 Å². The lowest BCUT2D eigenvalue weighted by molar-refractivity contribution is 0.655. The number of para-hydroxylation sites is 3. The van der Waals surface area contributed by atoms with Crippen molar-refractivity contribution in [2.24, 2.45) is 14.1 Å². The molecule has 0 unspecified atom stereocenters. The zero-order valence-corrected chi connectivity index (χ0v) is 77.8. The summed E-state index contributed by atoms with van der Waals surface area (Å²) in [6.45, 7) is 37.9. The number of aryl methyl sites for hydroxylation is 11. The van der Waals surface area contributed by atoms with Crippen molar-refractivity contribution in [3.63, 3.8) is 0 Å². The summed E-state index contributed by atoms with van der Waals surface area (Å²) in [6.07, 6.45) is 0. The summed E-state index contributed by atoms with van der Waals surface area (Å²) < 4.78 is 4.49. The van der Waals surface area contributed by atoms with E-state index >= 15 is 0 Å². The minimum absolute atomic E-state index is 0.150. The first-order chi connectivity index (χ1) is 61.1. The molecular weight excluding hydrogens is 1530 g/mol. The van der Waals surface area contributed by atoms with Gasteiger partial charge in [-0.15, -0.1) is 0 Å². The first kappa shape index (κ1) is 86.8. The topological polar surface area (TPSA) is 9.86 Å². The van der Waals surface area contributed by atoms with E-state index in [0.717, 1.165) is 0 Å². The molecule has 2 heteroatoms. The molecule has 0 saturated carbocycles. The molecule has 0 amide bonds. The molecule has 20 aromatic rings. The van der Waals surface area contributed by atoms with E-state index in [4.69, 9.17) is 0 Å². The van der Waals surface area contributed by atoms with Crippen LogP contribution in [0, 0.1) is 62.3 Å². The van der Waals surface area contributed by atoms with E-state index in [1.165, 1.54) is 215 Å². The Balaban J connectivity index is 0.000000105. The van der Waals surface area contributed by atoms with Gasteiger partial charge in [0, 0.05) is 79.4 Å². The second-order valence-electron chi connectivity index (χ2n) is 37.5. The third kappa shape index (κ3) is 17.3. The molecule has 0 radical (unpaired) electrons. The van der Waals surface area contributed by atoms with E-state index < -0.39 is 0 Å². The van der Waals surface area contributed by atoms with E-state index in [1.54, 1.807) is 0 Å². The van der Waals surface area contributed by atoms with Gasteiger partial charge in [-0.1, -0.05) is 441 Å². The van der Waals surface area contributed by atoms with Crippen LogP contribution in [0.5, 0.6) is 0 Å². The van der Waals surface area contributed by atoms with Crippen LogP contribution in [0.4, 0.5) is 0 Å². The number of nitrogens with zero attached hydrogens (tertiary/aromatic N) is 2. The van der Waals surface area contributed by atoms with Crippen LogP contribution in [0.1, 0.15) is 150 Å². The molecule has 2 aromatic heterocycles. The van der Waals surface area contributed by atoms with Crippen molar-refractivity contribution in [3.05, 3.63) is 477 Å². The first-order valence-corrected chi connectivity index (χ1v) is 45.1. The van der Waals surface area contributed by atoms with Crippen LogP contribution in [0.15, 0.2) is 382 Å². The quantitative estimate of drug-likeness (QED) is 0.143. The van der Waals surface area contributed by atoms with Crippen LogP contribution in [0.3, 0.4) is 0 Å². The van der Waals surface area contributed by atoms with Crippen LogP contribution in [-0.4, -0.2) is 9.13 Å². The van der Waals surface area contributed by atoms with Gasteiger partial charge in [-0.2, -0.15) is 0 Å². The maximum absolute atomic E-state index is 2.33. The number of benzene rings is 18. The molecule has 630 valence electrons. The second kappa shape index (κ2) is 36.1. The highest BCUT2D eigenvalue weighted by Crippen LogP contribution is 2.53. The minimum atomic E-state index is 0.150. The van der Waals surface area contributed by atoms with Gasteiger partial charge in [-0.25, -0.2) is 0 Å². The van der Waals surface area contributed by atoms with Gasteiger partial charge >= 0.3 is 0 Å². The van der Waals surface area contributed by atoms with Gasteiger partial charge < -0.3 is 9.13 Å². The van der Waals surface area contributed by atoms with Gasteiger partial charge in [0.25, 0.3) is 0 Å². The highest BCUT2D eigenvalue weighted by molar-refractivity contribution is 6.09. The van der Waals surface area contributed by atoms with E-state index in [-0.39, 0.29) is 21.7 Å². The average Bonchev–Trinajstić information content (AvgIpc) is 1.59. The Morgan fingerprint density at radius 1 is 0.173 bits per heavy atom. The summed E-state index contributed by atoms with van der Waals surface area (Å²) in [5.74, 6) is 0. The first-order valence-electron chi connectivity index (χ1n) is 45.1. The fourth-order valence-corrected chi connectivity index (χ4v) is 20.3. The van der Waals surface area contributed by atoms with Gasteiger partial charge in [0.05, 0.1) is 0 Å². The zero-order valence-electron chi connectivity index (χ0n) is 77.8. The Bertz CT molecular complexity index is 7340. The predicted octanol–water partition coefficient (Wildman–Crippen LogP) is 33.9. The summed E-state index contributed by atoms with van der Waals surface area (Å²) in [4.78, 5) is 0. The summed E-state index contributed by atoms with van der Waals surface area (Å²) in [6, 6.07) is 137. The molecule has 0 aliphatic heterocycles. The lowest BCUT2D eigenvalue weighted by Crippen LogP contribution is -2.16. The summed E-state index contributed by atoms with van der Waals surface area (Å²) in [5, 5.41) is 13.4. The number of fused-ring (bicyclic) bond motifs is 21. The molecule has 0 spiro atoms. The molecule has 24 rings (SSSR count). The molecule has 18 aromatic carbocycles. The monoisotopic (exact) mass is 1650 g/mol. The zero-order chi connectivity index (χ0) is 89.2. The van der Waals surface area contributed by atoms with Crippen molar-refractivity contribution >= 4 is 75.9 Å². The standard InChI is InChI=1S/4C16H16.C14H13N.C13H11N.C12H12.2C11H10/c1-11-7-6-9-13-12-8-4-5-10-14(12)16(2,3)15(11)13;1-11-7-6-10-14-15(11)12-8-4-5-9-13(12)16(14,2)3;1-11-8-9-15-13(10-11)12-6-4-5-7-14(12)16(15,2)3;1-11-8-9-13-12-6-4-5-7-14(12)16(2,3)15(13)10-11;1-10-7-8-14-12(9-10)11-5-3-4-6-13(11)15(14)2;1-14-12-8-4-2-6-10(12)11-7-3-5-9-13(11)14;1-9-3-5-12-8-10(2)4-6-11(12)7-9;1-9-5-4-7-10-6-2-3-8-11(9)10;1-9-6-7-10-4-2-3-5-11(10)8-9/h4*4-10H,1-3H3;3-9H,1-2H3;2-9H,1H3;3-8H,1-2H3;2*2-8H,1H3. The number of hydrogen-bond donors (Lipinski definition) is 0. The molecular formula is C125H120N2. The SMILES string of the molecule is Cc1ccc2c(c1)-c1ccccc1C2(C)C.Cc1ccc2c(c1)C(C)(C)c1ccccc1-2.Cc1ccc2c(c1)c1ccccc1n2C.Cc1ccc2cc(C)ccc2c1.Cc1ccc2ccccc2c1.Cc1cccc2c1-c1ccccc1C2(C)C.Cc1cccc2c1C(C)(C)c1ccccc1-2.Cc1cccc2ccccc12.Cn1c2ccccc2c2ccccc21. The van der Waals surface area contributed by atoms with Crippen molar-refractivity contribution in [2.45, 2.75) is 139 Å². The highest BCUT2D eigenvalue weighted by atomic mass is 14.9. The van der Waals surface area contributed by atoms with E-state index in [1.807, 2.05) is 0 Å². The third-order valence-electron chi connectivity index (χ3n) is 27.0. The highest BCUT2D eigenvalue weighted by Gasteiger charge is 2.39. The van der Waals surface area contributed by atoms with Gasteiger partial charge in [0.1, 0.15) is 0 Å². The maximum atomic E-state index is 2.33. The van der Waals surface area contributed by atoms with Gasteiger partial charge in [0.2, 0.25) is 0 Å². The Morgan fingerprint density at radius 2 is 0.488 bits per heavy atom. The van der Waals surface area contributed by atoms with Gasteiger partial charge in [0.15, 0.2) is 0 Å². The fraction of sp³-hybridized carbons (Fsp3) is 0.184. The fourth-order valence-electron chi connectivity index (χ4n) is 20.3. The molecule has 4 aliphatic carbocycles. The Hall–Kier alpha value is -13.7. The number of rotatable bonds is 0. The number of hydrogen-bond acceptors (Lipinski definition) is 0. The lowest BCUT2D eigenvalue weighted by Gasteiger charge is -2.23. The average molecular weight is 1650 g/mol. The van der Waals surface area contributed by atoms with E-state index in [9.17, 15) is 0 Å². The molecule has 0 atom stereocenters. The largest absolute Gasteiger partial charge is 0.344 e. The number of aromatic nitrogens is 2. The van der Waals surface area contributed by atoms with Gasteiger partial charge in [-0.05, 0) is 231 Å². The van der Waals surface area contributed by atoms with Crippen LogP contribution >= 0.6 is 0 Å². The predicted molar refractivity (Wildman–Crippen MR) is 551 cm³/mol. The maximum Gasteiger partial charge on any atom is 0.0488 e. The normalized spacial score (nSPS) is 13.3. The molecule has 127 heavy (non-hydrogen) atoms. The van der Waals surface area contributed by atoms with Crippen molar-refractivity contribution in [1.29, 1.82) is 0 Å². The lowest BCUT2D eigenvalue weighted by atomic mass is 9.80. The van der Waals surface area contributed by atoms with Crippen LogP contribution in [0.25, 0.3) is 120 Å². The summed E-state index contributed by atoms with van der Waals surface area (Å²) in [5.41, 5.74) is 41.0.